The summed E-state index contributed by atoms with van der Waals surface area (Å²) in [5.74, 6) is -0.458. The summed E-state index contributed by atoms with van der Waals surface area (Å²) in [6, 6.07) is 15.0. The molecule has 34 heavy (non-hydrogen) atoms. The third-order valence-corrected chi connectivity index (χ3v) is 6.05. The number of piperazine rings is 1. The maximum atomic E-state index is 13.8. The fraction of sp³-hybridized carbons (Fsp3) is 0.320. The molecule has 0 radical (unpaired) electrons. The molecule has 0 unspecified atom stereocenters. The van der Waals surface area contributed by atoms with Crippen molar-refractivity contribution >= 4 is 17.4 Å². The van der Waals surface area contributed by atoms with Crippen LogP contribution in [0.3, 0.4) is 0 Å². The van der Waals surface area contributed by atoms with Gasteiger partial charge in [0.1, 0.15) is 17.3 Å². The quantitative estimate of drug-likeness (QED) is 0.509. The van der Waals surface area contributed by atoms with E-state index in [-0.39, 0.29) is 32.2 Å². The first-order valence-electron chi connectivity index (χ1n) is 11.0. The lowest BCUT2D eigenvalue weighted by Gasteiger charge is -2.41. The Kier molecular flexibility index (Phi) is 6.56. The number of halogens is 3. The second kappa shape index (κ2) is 9.42. The molecule has 1 aromatic carbocycles. The van der Waals surface area contributed by atoms with Crippen LogP contribution >= 0.6 is 0 Å². The van der Waals surface area contributed by atoms with E-state index in [4.69, 9.17) is 5.73 Å². The molecule has 2 aromatic heterocycles. The molecule has 1 aliphatic heterocycles. The summed E-state index contributed by atoms with van der Waals surface area (Å²) in [6.07, 6.45) is -3.37. The summed E-state index contributed by atoms with van der Waals surface area (Å²) in [5, 5.41) is 3.63. The number of pyridine rings is 2. The van der Waals surface area contributed by atoms with Crippen LogP contribution in [-0.4, -0.2) is 34.9 Å². The van der Waals surface area contributed by atoms with E-state index in [1.807, 2.05) is 35.2 Å². The molecule has 1 fully saturated rings. The van der Waals surface area contributed by atoms with E-state index < -0.39 is 23.2 Å². The van der Waals surface area contributed by atoms with Gasteiger partial charge in [-0.3, -0.25) is 4.79 Å². The maximum Gasteiger partial charge on any atom is 0.418 e. The smallest absolute Gasteiger partial charge is 0.383 e. The molecule has 3 aromatic rings. The number of nitrogens with zero attached hydrogens (tertiary/aromatic N) is 3. The summed E-state index contributed by atoms with van der Waals surface area (Å²) in [5.41, 5.74) is 4.96. The zero-order valence-electron chi connectivity index (χ0n) is 18.9. The molecule has 0 amide bonds. The summed E-state index contributed by atoms with van der Waals surface area (Å²) in [4.78, 5) is 23.1. The predicted octanol–water partition coefficient (Wildman–Crippen LogP) is 4.98. The third-order valence-electron chi connectivity index (χ3n) is 6.05. The molecular formula is C25H30F3N5O. The second-order valence-corrected chi connectivity index (χ2v) is 8.71. The predicted molar refractivity (Wildman–Crippen MR) is 129 cm³/mol. The second-order valence-electron chi connectivity index (χ2n) is 8.71. The van der Waals surface area contributed by atoms with Gasteiger partial charge in [0.2, 0.25) is 5.78 Å². The van der Waals surface area contributed by atoms with Gasteiger partial charge in [0.05, 0.1) is 17.2 Å². The number of nitrogens with two attached hydrogens (primary N) is 1. The van der Waals surface area contributed by atoms with Gasteiger partial charge in [0, 0.05) is 28.2 Å². The first kappa shape index (κ1) is 23.7. The van der Waals surface area contributed by atoms with Crippen molar-refractivity contribution < 1.29 is 20.8 Å². The molecule has 1 aliphatic rings. The monoisotopic (exact) mass is 473 g/mol. The van der Waals surface area contributed by atoms with E-state index >= 15 is 0 Å². The Morgan fingerprint density at radius 1 is 1.12 bits per heavy atom. The van der Waals surface area contributed by atoms with Crippen LogP contribution in [0.2, 0.25) is 0 Å². The Morgan fingerprint density at radius 2 is 1.85 bits per heavy atom. The number of carbonyl (C=O) groups excluding carboxylic acids is 1. The molecule has 3 heterocycles. The maximum absolute atomic E-state index is 13.8. The van der Waals surface area contributed by atoms with Crippen LogP contribution in [0.5, 0.6) is 0 Å². The van der Waals surface area contributed by atoms with Crippen LogP contribution in [0.25, 0.3) is 0 Å². The number of rotatable bonds is 5. The molecule has 182 valence electrons. The minimum absolute atomic E-state index is 0. The summed E-state index contributed by atoms with van der Waals surface area (Å²) in [7, 11) is 0. The molecule has 0 bridgehead atoms. The number of ketones is 1. The summed E-state index contributed by atoms with van der Waals surface area (Å²) < 4.78 is 41.4. The fourth-order valence-electron chi connectivity index (χ4n) is 4.14. The molecule has 3 N–H and O–H groups in total. The molecule has 1 saturated heterocycles. The molecule has 6 nitrogen and oxygen atoms in total. The standard InChI is InChI=1S/C25H26F3N5O.2H2/c1-15(2)19-13-33(14-20(31-19)16-7-4-3-5-8-16)21-11-10-18(25(26,27)28)22(32-21)23(34)17-9-6-12-30-24(17)29;;/h3-12,15,19-20,31H,13-14H2,1-2H3,(H2,29,30);2*1H/t19-,20-;;/m1../s1. The molecule has 4 rings (SSSR count). The SMILES string of the molecule is CC(C)[C@H]1CN(c2ccc(C(F)(F)F)c(C(=O)c3cccnc3N)n2)C[C@H](c2ccccc2)N1.[HH].[HH]. The number of aromatic nitrogens is 2. The van der Waals surface area contributed by atoms with E-state index in [1.165, 1.54) is 24.4 Å². The molecule has 0 saturated carbocycles. The summed E-state index contributed by atoms with van der Waals surface area (Å²) >= 11 is 0. The highest BCUT2D eigenvalue weighted by Gasteiger charge is 2.38. The highest BCUT2D eigenvalue weighted by Crippen LogP contribution is 2.35. The van der Waals surface area contributed by atoms with Gasteiger partial charge >= 0.3 is 6.18 Å². The van der Waals surface area contributed by atoms with E-state index in [2.05, 4.69) is 29.1 Å². The Labute approximate surface area is 199 Å². The minimum Gasteiger partial charge on any atom is -0.383 e. The zero-order valence-corrected chi connectivity index (χ0v) is 18.9. The van der Waals surface area contributed by atoms with E-state index in [0.717, 1.165) is 11.6 Å². The average molecular weight is 474 g/mol. The Morgan fingerprint density at radius 3 is 2.50 bits per heavy atom. The van der Waals surface area contributed by atoms with Gasteiger partial charge < -0.3 is 16.0 Å². The van der Waals surface area contributed by atoms with Gasteiger partial charge in [0.25, 0.3) is 0 Å². The molecule has 2 atom stereocenters. The molecular weight excluding hydrogens is 443 g/mol. The Hall–Kier alpha value is -3.46. The first-order valence-corrected chi connectivity index (χ1v) is 11.0. The van der Waals surface area contributed by atoms with Gasteiger partial charge in [-0.05, 0) is 35.7 Å². The van der Waals surface area contributed by atoms with E-state index in [0.29, 0.717) is 18.9 Å². The van der Waals surface area contributed by atoms with Gasteiger partial charge in [0.15, 0.2) is 0 Å². The highest BCUT2D eigenvalue weighted by molar-refractivity contribution is 6.11. The molecule has 0 spiro atoms. The normalized spacial score (nSPS) is 18.8. The van der Waals surface area contributed by atoms with E-state index in [1.54, 1.807) is 0 Å². The average Bonchev–Trinajstić information content (AvgIpc) is 2.83. The number of nitrogen functional groups attached to an aromatic ring is 1. The number of nitrogens with one attached hydrogen (secondary N) is 1. The van der Waals surface area contributed by atoms with Crippen LogP contribution in [0.4, 0.5) is 24.8 Å². The fourth-order valence-corrected chi connectivity index (χ4v) is 4.14. The number of benzene rings is 1. The van der Waals surface area contributed by atoms with Gasteiger partial charge in [-0.25, -0.2) is 9.97 Å². The van der Waals surface area contributed by atoms with Gasteiger partial charge in [-0.15, -0.1) is 0 Å². The number of carbonyl (C=O) groups is 1. The molecule has 0 aliphatic carbocycles. The van der Waals surface area contributed by atoms with Crippen molar-refractivity contribution in [3.63, 3.8) is 0 Å². The topological polar surface area (TPSA) is 84.1 Å². The minimum atomic E-state index is -4.75. The third kappa shape index (κ3) is 4.89. The van der Waals surface area contributed by atoms with Crippen molar-refractivity contribution in [3.8, 4) is 0 Å². The van der Waals surface area contributed by atoms with Crippen molar-refractivity contribution in [1.82, 2.24) is 15.3 Å². The van der Waals surface area contributed by atoms with Crippen LogP contribution in [0.1, 0.15) is 49.9 Å². The first-order chi connectivity index (χ1) is 16.1. The Balaban J connectivity index is 0.00000228. The largest absolute Gasteiger partial charge is 0.418 e. The van der Waals surface area contributed by atoms with Gasteiger partial charge in [-0.2, -0.15) is 13.2 Å². The van der Waals surface area contributed by atoms with Crippen molar-refractivity contribution in [2.75, 3.05) is 23.7 Å². The lowest BCUT2D eigenvalue weighted by molar-refractivity contribution is -0.138. The number of anilines is 2. The van der Waals surface area contributed by atoms with Crippen LogP contribution < -0.4 is 16.0 Å². The van der Waals surface area contributed by atoms with Gasteiger partial charge in [-0.1, -0.05) is 44.2 Å². The number of hydrogen-bond donors (Lipinski definition) is 2. The number of alkyl halides is 3. The molecule has 9 heteroatoms. The zero-order chi connectivity index (χ0) is 24.5. The van der Waals surface area contributed by atoms with Crippen LogP contribution in [0, 0.1) is 5.92 Å². The van der Waals surface area contributed by atoms with Crippen molar-refractivity contribution in [3.05, 3.63) is 83.2 Å². The number of hydrogen-bond acceptors (Lipinski definition) is 6. The van der Waals surface area contributed by atoms with Crippen molar-refractivity contribution in [2.45, 2.75) is 32.1 Å². The van der Waals surface area contributed by atoms with Crippen molar-refractivity contribution in [1.29, 1.82) is 0 Å². The lowest BCUT2D eigenvalue weighted by Crippen LogP contribution is -2.54. The van der Waals surface area contributed by atoms with Crippen LogP contribution in [-0.2, 0) is 6.18 Å². The lowest BCUT2D eigenvalue weighted by atomic mass is 9.95. The Bertz CT molecular complexity index is 1180. The summed E-state index contributed by atoms with van der Waals surface area (Å²) in [6.45, 7) is 5.21. The van der Waals surface area contributed by atoms with Crippen molar-refractivity contribution in [2.24, 2.45) is 5.92 Å². The highest BCUT2D eigenvalue weighted by atomic mass is 19.4. The van der Waals surface area contributed by atoms with E-state index in [9.17, 15) is 18.0 Å². The van der Waals surface area contributed by atoms with Crippen LogP contribution in [0.15, 0.2) is 60.8 Å².